The van der Waals surface area contributed by atoms with Crippen LogP contribution in [0, 0.1) is 0 Å². The Labute approximate surface area is 213 Å². The molecule has 1 aliphatic heterocycles. The molecule has 180 valence electrons. The summed E-state index contributed by atoms with van der Waals surface area (Å²) in [5.74, 6) is 0.298. The van der Waals surface area contributed by atoms with E-state index in [9.17, 15) is 4.79 Å². The average Bonchev–Trinajstić information content (AvgIpc) is 3.53. The van der Waals surface area contributed by atoms with Crippen LogP contribution in [0.1, 0.15) is 53.7 Å². The number of carbonyl (C=O) groups excluding carboxylic acids is 1. The molecule has 0 radical (unpaired) electrons. The van der Waals surface area contributed by atoms with Crippen molar-refractivity contribution in [2.24, 2.45) is 0 Å². The quantitative estimate of drug-likeness (QED) is 0.435. The summed E-state index contributed by atoms with van der Waals surface area (Å²) in [6.45, 7) is 0.831. The van der Waals surface area contributed by atoms with Crippen LogP contribution < -0.4 is 0 Å². The van der Waals surface area contributed by atoms with Gasteiger partial charge >= 0.3 is 0 Å². The smallest absolute Gasteiger partial charge is 0.228 e. The first-order chi connectivity index (χ1) is 17.0. The lowest BCUT2D eigenvalue weighted by atomic mass is 9.63. The van der Waals surface area contributed by atoms with E-state index in [0.717, 1.165) is 45.1 Å². The van der Waals surface area contributed by atoms with Gasteiger partial charge in [0.15, 0.2) is 0 Å². The highest BCUT2D eigenvalue weighted by Gasteiger charge is 2.53. The maximum atomic E-state index is 13.9. The third kappa shape index (κ3) is 3.61. The summed E-state index contributed by atoms with van der Waals surface area (Å²) in [6.07, 6.45) is 6.63. The monoisotopic (exact) mass is 482 g/mol. The van der Waals surface area contributed by atoms with E-state index in [4.69, 9.17) is 0 Å². The van der Waals surface area contributed by atoms with Crippen molar-refractivity contribution < 1.29 is 4.79 Å². The van der Waals surface area contributed by atoms with Gasteiger partial charge in [-0.2, -0.15) is 0 Å². The number of benzene rings is 2. The first-order valence-corrected chi connectivity index (χ1v) is 13.8. The van der Waals surface area contributed by atoms with Crippen molar-refractivity contribution in [3.63, 3.8) is 0 Å². The Bertz CT molecular complexity index is 1250. The maximum Gasteiger partial charge on any atom is 0.228 e. The molecule has 4 heteroatoms. The second-order valence-electron chi connectivity index (χ2n) is 10.7. The summed E-state index contributed by atoms with van der Waals surface area (Å²) in [5, 5.41) is 2.08. The third-order valence-electron chi connectivity index (χ3n) is 9.02. The lowest BCUT2D eigenvalue weighted by Crippen LogP contribution is -2.60. The fraction of sp³-hybridized carbons (Fsp3) is 0.387. The van der Waals surface area contributed by atoms with Crippen LogP contribution >= 0.6 is 11.3 Å². The number of rotatable bonds is 4. The van der Waals surface area contributed by atoms with E-state index >= 15 is 0 Å². The largest absolute Gasteiger partial charge is 0.333 e. The number of hydrogen-bond acceptors (Lipinski definition) is 3. The molecule has 6 rings (SSSR count). The van der Waals surface area contributed by atoms with Gasteiger partial charge in [-0.25, -0.2) is 0 Å². The summed E-state index contributed by atoms with van der Waals surface area (Å²) in [4.78, 5) is 19.8. The van der Waals surface area contributed by atoms with Crippen LogP contribution in [0.15, 0.2) is 77.7 Å². The van der Waals surface area contributed by atoms with E-state index in [-0.39, 0.29) is 11.1 Å². The molecule has 2 aromatic carbocycles. The second kappa shape index (κ2) is 8.76. The topological polar surface area (TPSA) is 23.6 Å². The molecule has 0 bridgehead atoms. The number of nitrogens with zero attached hydrogens (tertiary/aromatic N) is 2. The SMILES string of the molecule is CN(C)C1(c2ccccc2)CCC2(CC1)C1=C(CCN2C(=O)Cc2cccs2)c2ccccc2C1. The van der Waals surface area contributed by atoms with Crippen molar-refractivity contribution in [1.29, 1.82) is 0 Å². The van der Waals surface area contributed by atoms with Crippen LogP contribution in [0.4, 0.5) is 0 Å². The van der Waals surface area contributed by atoms with Gasteiger partial charge in [0.05, 0.1) is 12.0 Å². The normalized spacial score (nSPS) is 25.7. The van der Waals surface area contributed by atoms with Crippen LogP contribution in [0.3, 0.4) is 0 Å². The summed E-state index contributed by atoms with van der Waals surface area (Å²) in [7, 11) is 4.45. The zero-order chi connectivity index (χ0) is 24.0. The first-order valence-electron chi connectivity index (χ1n) is 12.9. The molecule has 3 aliphatic rings. The van der Waals surface area contributed by atoms with E-state index in [1.165, 1.54) is 32.7 Å². The first kappa shape index (κ1) is 22.8. The zero-order valence-corrected chi connectivity index (χ0v) is 21.6. The molecule has 0 saturated heterocycles. The van der Waals surface area contributed by atoms with E-state index in [1.54, 1.807) is 11.3 Å². The second-order valence-corrected chi connectivity index (χ2v) is 11.7. The third-order valence-corrected chi connectivity index (χ3v) is 9.89. The minimum absolute atomic E-state index is 0.0125. The molecule has 3 nitrogen and oxygen atoms in total. The molecule has 1 aromatic heterocycles. The van der Waals surface area contributed by atoms with Crippen molar-refractivity contribution in [1.82, 2.24) is 9.80 Å². The molecule has 1 amide bonds. The Morgan fingerprint density at radius 1 is 0.943 bits per heavy atom. The van der Waals surface area contributed by atoms with Gasteiger partial charge in [-0.1, -0.05) is 60.7 Å². The fourth-order valence-electron chi connectivity index (χ4n) is 7.17. The van der Waals surface area contributed by atoms with Gasteiger partial charge in [-0.15, -0.1) is 11.3 Å². The van der Waals surface area contributed by atoms with Gasteiger partial charge in [0.2, 0.25) is 5.91 Å². The van der Waals surface area contributed by atoms with E-state index in [1.807, 2.05) is 0 Å². The Morgan fingerprint density at radius 2 is 1.69 bits per heavy atom. The maximum absolute atomic E-state index is 13.9. The van der Waals surface area contributed by atoms with Gasteiger partial charge in [-0.05, 0) is 91.9 Å². The molecule has 0 atom stereocenters. The van der Waals surface area contributed by atoms with Crippen molar-refractivity contribution in [2.45, 2.75) is 56.0 Å². The molecule has 1 spiro atoms. The van der Waals surface area contributed by atoms with E-state index < -0.39 is 0 Å². The lowest BCUT2D eigenvalue weighted by molar-refractivity contribution is -0.138. The van der Waals surface area contributed by atoms with Crippen LogP contribution in [0.2, 0.25) is 0 Å². The van der Waals surface area contributed by atoms with E-state index in [0.29, 0.717) is 12.3 Å². The van der Waals surface area contributed by atoms with Gasteiger partial charge in [0, 0.05) is 17.0 Å². The molecule has 1 fully saturated rings. The van der Waals surface area contributed by atoms with Crippen molar-refractivity contribution in [3.05, 3.63) is 99.3 Å². The molecule has 1 saturated carbocycles. The number of fused-ring (bicyclic) bond motifs is 3. The fourth-order valence-corrected chi connectivity index (χ4v) is 7.87. The molecule has 0 N–H and O–H groups in total. The van der Waals surface area contributed by atoms with Crippen molar-refractivity contribution >= 4 is 22.8 Å². The highest BCUT2D eigenvalue weighted by atomic mass is 32.1. The molecular weight excluding hydrogens is 448 g/mol. The van der Waals surface area contributed by atoms with E-state index in [2.05, 4.69) is 96.0 Å². The Hall–Kier alpha value is -2.69. The van der Waals surface area contributed by atoms with Crippen molar-refractivity contribution in [3.8, 4) is 0 Å². The Kier molecular flexibility index (Phi) is 5.69. The molecule has 0 unspecified atom stereocenters. The summed E-state index contributed by atoms with van der Waals surface area (Å²) in [5.41, 5.74) is 7.17. The van der Waals surface area contributed by atoms with Gasteiger partial charge in [0.1, 0.15) is 0 Å². The minimum Gasteiger partial charge on any atom is -0.333 e. The summed E-state index contributed by atoms with van der Waals surface area (Å²) < 4.78 is 0. The van der Waals surface area contributed by atoms with Crippen LogP contribution in [-0.4, -0.2) is 41.9 Å². The molecule has 35 heavy (non-hydrogen) atoms. The van der Waals surface area contributed by atoms with Gasteiger partial charge in [0.25, 0.3) is 0 Å². The van der Waals surface area contributed by atoms with Crippen LogP contribution in [0.5, 0.6) is 0 Å². The highest BCUT2D eigenvalue weighted by molar-refractivity contribution is 7.10. The number of carbonyl (C=O) groups is 1. The van der Waals surface area contributed by atoms with Crippen molar-refractivity contribution in [2.75, 3.05) is 20.6 Å². The molecular formula is C31H34N2OS. The zero-order valence-electron chi connectivity index (χ0n) is 20.8. The Morgan fingerprint density at radius 3 is 2.40 bits per heavy atom. The number of hydrogen-bond donors (Lipinski definition) is 0. The molecule has 2 aliphatic carbocycles. The standard InChI is InChI=1S/C31H34N2OS/c1-32(2)30(24-10-4-3-5-11-24)15-17-31(18-16-30)28-21-23-9-6-7-13-26(23)27(28)14-19-33(31)29(34)22-25-12-8-20-35-25/h3-13,20H,14-19,21-22H2,1-2H3. The van der Waals surface area contributed by atoms with Gasteiger partial charge < -0.3 is 4.90 Å². The highest BCUT2D eigenvalue weighted by Crippen LogP contribution is 2.55. The predicted octanol–water partition coefficient (Wildman–Crippen LogP) is 6.30. The lowest BCUT2D eigenvalue weighted by Gasteiger charge is -2.56. The van der Waals surface area contributed by atoms with Gasteiger partial charge in [-0.3, -0.25) is 9.69 Å². The molecule has 3 aromatic rings. The summed E-state index contributed by atoms with van der Waals surface area (Å²) >= 11 is 1.69. The predicted molar refractivity (Wildman–Crippen MR) is 144 cm³/mol. The number of thiophene rings is 1. The molecule has 2 heterocycles. The van der Waals surface area contributed by atoms with Crippen LogP contribution in [-0.2, 0) is 23.2 Å². The minimum atomic E-state index is -0.171. The number of amides is 1. The average molecular weight is 483 g/mol. The Balaban J connectivity index is 1.39. The van der Waals surface area contributed by atoms with Crippen LogP contribution in [0.25, 0.3) is 5.57 Å². The summed E-state index contributed by atoms with van der Waals surface area (Å²) in [6, 6.07) is 24.1.